The second-order valence-electron chi connectivity index (χ2n) is 7.01. The Morgan fingerprint density at radius 2 is 1.60 bits per heavy atom. The number of benzene rings is 3. The lowest BCUT2D eigenvalue weighted by Gasteiger charge is -2.15. The Kier molecular flexibility index (Phi) is 6.54. The number of carbonyl (C=O) groups excluding carboxylic acids is 1. The third-order valence-electron chi connectivity index (χ3n) is 4.37. The van der Waals surface area contributed by atoms with Crippen LogP contribution in [0.1, 0.15) is 24.2 Å². The van der Waals surface area contributed by atoms with Gasteiger partial charge in [-0.05, 0) is 43.7 Å². The molecule has 0 heterocycles. The average molecular weight is 425 g/mol. The van der Waals surface area contributed by atoms with Crippen LogP contribution in [0.4, 0.5) is 5.69 Å². The van der Waals surface area contributed by atoms with Crippen LogP contribution in [0.25, 0.3) is 11.1 Å². The van der Waals surface area contributed by atoms with Crippen molar-refractivity contribution in [1.82, 2.24) is 4.72 Å². The summed E-state index contributed by atoms with van der Waals surface area (Å²) in [5.74, 6) is -0.244. The number of carbonyl (C=O) groups is 1. The van der Waals surface area contributed by atoms with Crippen LogP contribution in [-0.4, -0.2) is 27.5 Å². The Balaban J connectivity index is 1.95. The first kappa shape index (κ1) is 21.5. The molecule has 7 heteroatoms. The van der Waals surface area contributed by atoms with Crippen LogP contribution in [0.5, 0.6) is 5.75 Å². The SMILES string of the molecule is COc1ccc(C(=O)Nc2ccccc2-c2ccccc2)cc1S(=O)(=O)NC(C)C. The molecule has 0 atom stereocenters. The van der Waals surface area contributed by atoms with Gasteiger partial charge in [-0.1, -0.05) is 48.5 Å². The minimum absolute atomic E-state index is 0.0808. The summed E-state index contributed by atoms with van der Waals surface area (Å²) in [6.45, 7) is 3.45. The summed E-state index contributed by atoms with van der Waals surface area (Å²) in [6, 6.07) is 21.2. The van der Waals surface area contributed by atoms with Crippen molar-refractivity contribution in [2.24, 2.45) is 0 Å². The first-order chi connectivity index (χ1) is 14.3. The Labute approximate surface area is 177 Å². The zero-order chi connectivity index (χ0) is 21.7. The maximum Gasteiger partial charge on any atom is 0.255 e. The van der Waals surface area contributed by atoms with Crippen LogP contribution in [0.2, 0.25) is 0 Å². The lowest BCUT2D eigenvalue weighted by molar-refractivity contribution is 0.102. The van der Waals surface area contributed by atoms with Gasteiger partial charge in [0.2, 0.25) is 10.0 Å². The second kappa shape index (κ2) is 9.11. The summed E-state index contributed by atoms with van der Waals surface area (Å²) in [5, 5.41) is 2.89. The van der Waals surface area contributed by atoms with Crippen molar-refractivity contribution in [3.63, 3.8) is 0 Å². The van der Waals surface area contributed by atoms with E-state index in [9.17, 15) is 13.2 Å². The summed E-state index contributed by atoms with van der Waals surface area (Å²) in [5.41, 5.74) is 2.68. The van der Waals surface area contributed by atoms with Crippen LogP contribution in [0, 0.1) is 0 Å². The monoisotopic (exact) mass is 424 g/mol. The number of para-hydroxylation sites is 1. The van der Waals surface area contributed by atoms with Crippen LogP contribution in [0.15, 0.2) is 77.7 Å². The van der Waals surface area contributed by atoms with Crippen molar-refractivity contribution in [2.75, 3.05) is 12.4 Å². The molecular formula is C23H24N2O4S. The number of amides is 1. The molecule has 0 aliphatic carbocycles. The molecule has 0 aliphatic rings. The Morgan fingerprint density at radius 3 is 2.27 bits per heavy atom. The van der Waals surface area contributed by atoms with E-state index in [1.165, 1.54) is 25.3 Å². The maximum absolute atomic E-state index is 12.9. The quantitative estimate of drug-likeness (QED) is 0.592. The molecule has 0 aliphatic heterocycles. The van der Waals surface area contributed by atoms with Gasteiger partial charge in [-0.3, -0.25) is 4.79 Å². The highest BCUT2D eigenvalue weighted by Gasteiger charge is 2.22. The molecule has 0 unspecified atom stereocenters. The number of hydrogen-bond donors (Lipinski definition) is 2. The van der Waals surface area contributed by atoms with Gasteiger partial charge >= 0.3 is 0 Å². The Hall–Kier alpha value is -3.16. The van der Waals surface area contributed by atoms with Gasteiger partial charge in [0.1, 0.15) is 10.6 Å². The van der Waals surface area contributed by atoms with E-state index in [-0.39, 0.29) is 22.3 Å². The summed E-state index contributed by atoms with van der Waals surface area (Å²) in [7, 11) is -2.45. The molecule has 3 rings (SSSR count). The van der Waals surface area contributed by atoms with Crippen molar-refractivity contribution in [3.05, 3.63) is 78.4 Å². The molecule has 0 aromatic heterocycles. The molecule has 0 saturated carbocycles. The molecule has 3 aromatic rings. The number of sulfonamides is 1. The average Bonchev–Trinajstić information content (AvgIpc) is 2.73. The van der Waals surface area contributed by atoms with E-state index in [1.54, 1.807) is 13.8 Å². The molecule has 156 valence electrons. The highest BCUT2D eigenvalue weighted by molar-refractivity contribution is 7.89. The summed E-state index contributed by atoms with van der Waals surface area (Å²) < 4.78 is 33.1. The van der Waals surface area contributed by atoms with Gasteiger partial charge in [-0.15, -0.1) is 0 Å². The van der Waals surface area contributed by atoms with Gasteiger partial charge in [0.05, 0.1) is 7.11 Å². The lowest BCUT2D eigenvalue weighted by atomic mass is 10.0. The fraction of sp³-hybridized carbons (Fsp3) is 0.174. The summed E-state index contributed by atoms with van der Waals surface area (Å²) >= 11 is 0. The third-order valence-corrected chi connectivity index (χ3v) is 6.05. The number of hydrogen-bond acceptors (Lipinski definition) is 4. The van der Waals surface area contributed by atoms with Gasteiger partial charge in [0.25, 0.3) is 5.91 Å². The van der Waals surface area contributed by atoms with Crippen molar-refractivity contribution in [3.8, 4) is 16.9 Å². The van der Waals surface area contributed by atoms with E-state index in [4.69, 9.17) is 4.74 Å². The van der Waals surface area contributed by atoms with E-state index in [0.29, 0.717) is 5.69 Å². The number of ether oxygens (including phenoxy) is 1. The molecule has 0 fully saturated rings. The standard InChI is InChI=1S/C23H24N2O4S/c1-16(2)25-30(27,28)22-15-18(13-14-21(22)29-3)23(26)24-20-12-8-7-11-19(20)17-9-5-4-6-10-17/h4-16,25H,1-3H3,(H,24,26). The van der Waals surface area contributed by atoms with Crippen molar-refractivity contribution >= 4 is 21.6 Å². The summed E-state index contributed by atoms with van der Waals surface area (Å²) in [6.07, 6.45) is 0. The van der Waals surface area contributed by atoms with Gasteiger partial charge < -0.3 is 10.1 Å². The van der Waals surface area contributed by atoms with E-state index in [2.05, 4.69) is 10.0 Å². The van der Waals surface area contributed by atoms with Crippen LogP contribution >= 0.6 is 0 Å². The molecular weight excluding hydrogens is 400 g/mol. The smallest absolute Gasteiger partial charge is 0.255 e. The zero-order valence-corrected chi connectivity index (χ0v) is 17.9. The number of rotatable bonds is 7. The van der Waals surface area contributed by atoms with E-state index in [0.717, 1.165) is 11.1 Å². The Morgan fingerprint density at radius 1 is 0.933 bits per heavy atom. The molecule has 1 amide bonds. The van der Waals surface area contributed by atoms with E-state index in [1.807, 2.05) is 54.6 Å². The van der Waals surface area contributed by atoms with E-state index >= 15 is 0 Å². The second-order valence-corrected chi connectivity index (χ2v) is 8.69. The van der Waals surface area contributed by atoms with Gasteiger partial charge in [-0.2, -0.15) is 0 Å². The molecule has 30 heavy (non-hydrogen) atoms. The van der Waals surface area contributed by atoms with Gasteiger partial charge in [-0.25, -0.2) is 13.1 Å². The minimum atomic E-state index is -3.84. The van der Waals surface area contributed by atoms with Crippen molar-refractivity contribution in [2.45, 2.75) is 24.8 Å². The molecule has 0 saturated heterocycles. The number of nitrogens with one attached hydrogen (secondary N) is 2. The highest BCUT2D eigenvalue weighted by Crippen LogP contribution is 2.29. The molecule has 6 nitrogen and oxygen atoms in total. The molecule has 2 N–H and O–H groups in total. The van der Waals surface area contributed by atoms with Crippen LogP contribution in [0.3, 0.4) is 0 Å². The normalized spacial score (nSPS) is 11.3. The highest BCUT2D eigenvalue weighted by atomic mass is 32.2. The van der Waals surface area contributed by atoms with Crippen molar-refractivity contribution in [1.29, 1.82) is 0 Å². The maximum atomic E-state index is 12.9. The fourth-order valence-corrected chi connectivity index (χ4v) is 4.50. The largest absolute Gasteiger partial charge is 0.495 e. The van der Waals surface area contributed by atoms with Gasteiger partial charge in [0.15, 0.2) is 0 Å². The first-order valence-electron chi connectivity index (χ1n) is 9.48. The minimum Gasteiger partial charge on any atom is -0.495 e. The zero-order valence-electron chi connectivity index (χ0n) is 17.0. The molecule has 0 bridgehead atoms. The molecule has 3 aromatic carbocycles. The lowest BCUT2D eigenvalue weighted by Crippen LogP contribution is -2.30. The number of methoxy groups -OCH3 is 1. The van der Waals surface area contributed by atoms with Crippen LogP contribution < -0.4 is 14.8 Å². The molecule has 0 spiro atoms. The predicted molar refractivity (Wildman–Crippen MR) is 118 cm³/mol. The summed E-state index contributed by atoms with van der Waals surface area (Å²) in [4.78, 5) is 12.9. The Bertz CT molecular complexity index is 1140. The third kappa shape index (κ3) is 4.87. The van der Waals surface area contributed by atoms with E-state index < -0.39 is 15.9 Å². The fourth-order valence-electron chi connectivity index (χ4n) is 3.06. The van der Waals surface area contributed by atoms with Crippen molar-refractivity contribution < 1.29 is 17.9 Å². The topological polar surface area (TPSA) is 84.5 Å². The van der Waals surface area contributed by atoms with Gasteiger partial charge in [0, 0.05) is 22.9 Å². The predicted octanol–water partition coefficient (Wildman–Crippen LogP) is 4.30. The number of anilines is 1. The van der Waals surface area contributed by atoms with Crippen LogP contribution in [-0.2, 0) is 10.0 Å². The molecule has 0 radical (unpaired) electrons. The first-order valence-corrected chi connectivity index (χ1v) is 11.0.